The van der Waals surface area contributed by atoms with Gasteiger partial charge < -0.3 is 18.9 Å². The van der Waals surface area contributed by atoms with Crippen LogP contribution in [0.3, 0.4) is 0 Å². The van der Waals surface area contributed by atoms with E-state index in [1.807, 2.05) is 27.7 Å². The van der Waals surface area contributed by atoms with Crippen LogP contribution < -0.4 is 25.6 Å². The van der Waals surface area contributed by atoms with Crippen LogP contribution in [0.2, 0.25) is 0 Å². The quantitative estimate of drug-likeness (QED) is 0.675. The van der Waals surface area contributed by atoms with Crippen LogP contribution >= 0.6 is 0 Å². The van der Waals surface area contributed by atoms with Gasteiger partial charge in [-0.25, -0.2) is 4.79 Å². The standard InChI is InChI=1S/C19H23N5O4/c1-11-9-23(13-7-6-12(27-4)8-14(13)28-5)18-20-16-15(24(18)10-11)17(25)22(3)19(26)21(16)2/h6-8,11H,9-10H2,1-5H3/t11-/m0/s1. The van der Waals surface area contributed by atoms with Gasteiger partial charge in [0.1, 0.15) is 11.5 Å². The van der Waals surface area contributed by atoms with Gasteiger partial charge in [-0.15, -0.1) is 0 Å². The molecule has 0 bridgehead atoms. The van der Waals surface area contributed by atoms with E-state index in [2.05, 4.69) is 11.9 Å². The molecule has 2 aromatic heterocycles. The van der Waals surface area contributed by atoms with Crippen LogP contribution in [0.1, 0.15) is 6.92 Å². The molecule has 4 rings (SSSR count). The molecule has 1 atom stereocenters. The number of ether oxygens (including phenoxy) is 2. The lowest BCUT2D eigenvalue weighted by molar-refractivity contribution is 0.392. The van der Waals surface area contributed by atoms with E-state index in [4.69, 9.17) is 9.47 Å². The van der Waals surface area contributed by atoms with Crippen molar-refractivity contribution in [2.24, 2.45) is 20.0 Å². The summed E-state index contributed by atoms with van der Waals surface area (Å²) in [6.45, 7) is 3.47. The summed E-state index contributed by atoms with van der Waals surface area (Å²) in [5.74, 6) is 2.22. The first-order chi connectivity index (χ1) is 13.4. The normalized spacial score (nSPS) is 16.3. The lowest BCUT2D eigenvalue weighted by atomic mass is 10.1. The Labute approximate surface area is 161 Å². The highest BCUT2D eigenvalue weighted by Crippen LogP contribution is 2.39. The number of rotatable bonds is 3. The Morgan fingerprint density at radius 2 is 1.82 bits per heavy atom. The van der Waals surface area contributed by atoms with Crippen LogP contribution in [0.25, 0.3) is 11.2 Å². The fraction of sp³-hybridized carbons (Fsp3) is 0.421. The minimum absolute atomic E-state index is 0.263. The molecule has 0 aliphatic carbocycles. The highest BCUT2D eigenvalue weighted by molar-refractivity contribution is 5.78. The second-order valence-electron chi connectivity index (χ2n) is 7.15. The molecule has 0 amide bonds. The molecule has 9 heteroatoms. The number of methoxy groups -OCH3 is 2. The summed E-state index contributed by atoms with van der Waals surface area (Å²) in [6, 6.07) is 5.59. The molecule has 148 valence electrons. The molecule has 0 radical (unpaired) electrons. The van der Waals surface area contributed by atoms with E-state index in [-0.39, 0.29) is 11.5 Å². The fourth-order valence-electron chi connectivity index (χ4n) is 3.79. The van der Waals surface area contributed by atoms with Crippen LogP contribution in [0.4, 0.5) is 11.6 Å². The molecule has 1 aliphatic heterocycles. The Morgan fingerprint density at radius 1 is 1.07 bits per heavy atom. The summed E-state index contributed by atoms with van der Waals surface area (Å²) < 4.78 is 15.3. The molecule has 1 aromatic carbocycles. The Morgan fingerprint density at radius 3 is 2.50 bits per heavy atom. The number of anilines is 2. The molecule has 3 aromatic rings. The smallest absolute Gasteiger partial charge is 0.332 e. The van der Waals surface area contributed by atoms with Crippen LogP contribution in [-0.2, 0) is 20.6 Å². The maximum Gasteiger partial charge on any atom is 0.332 e. The number of hydrogen-bond acceptors (Lipinski definition) is 6. The van der Waals surface area contributed by atoms with E-state index in [1.54, 1.807) is 21.3 Å². The molecule has 1 aliphatic rings. The molecule has 0 N–H and O–H groups in total. The summed E-state index contributed by atoms with van der Waals surface area (Å²) >= 11 is 0. The van der Waals surface area contributed by atoms with E-state index in [0.29, 0.717) is 41.7 Å². The average Bonchev–Trinajstić information content (AvgIpc) is 3.09. The molecular weight excluding hydrogens is 362 g/mol. The van der Waals surface area contributed by atoms with Crippen LogP contribution in [0.15, 0.2) is 27.8 Å². The van der Waals surface area contributed by atoms with Crippen molar-refractivity contribution in [3.05, 3.63) is 39.0 Å². The van der Waals surface area contributed by atoms with Gasteiger partial charge in [-0.3, -0.25) is 13.9 Å². The number of imidazole rings is 1. The Bertz CT molecular complexity index is 1190. The van der Waals surface area contributed by atoms with Crippen molar-refractivity contribution in [1.29, 1.82) is 0 Å². The van der Waals surface area contributed by atoms with Crippen molar-refractivity contribution in [3.63, 3.8) is 0 Å². The minimum atomic E-state index is -0.394. The zero-order chi connectivity index (χ0) is 20.2. The molecular formula is C19H23N5O4. The Hall–Kier alpha value is -3.23. The zero-order valence-electron chi connectivity index (χ0n) is 16.6. The van der Waals surface area contributed by atoms with E-state index in [9.17, 15) is 9.59 Å². The van der Waals surface area contributed by atoms with Gasteiger partial charge in [0, 0.05) is 33.3 Å². The molecule has 0 unspecified atom stereocenters. The summed E-state index contributed by atoms with van der Waals surface area (Å²) in [7, 11) is 6.33. The Kier molecular flexibility index (Phi) is 4.17. The zero-order valence-corrected chi connectivity index (χ0v) is 16.6. The predicted octanol–water partition coefficient (Wildman–Crippen LogP) is 1.24. The lowest BCUT2D eigenvalue weighted by Crippen LogP contribution is -2.38. The van der Waals surface area contributed by atoms with Crippen LogP contribution in [0, 0.1) is 5.92 Å². The molecule has 9 nitrogen and oxygen atoms in total. The van der Waals surface area contributed by atoms with E-state index in [0.717, 1.165) is 10.3 Å². The van der Waals surface area contributed by atoms with Crippen molar-refractivity contribution in [1.82, 2.24) is 18.7 Å². The van der Waals surface area contributed by atoms with Gasteiger partial charge in [-0.05, 0) is 18.1 Å². The van der Waals surface area contributed by atoms with Crippen molar-refractivity contribution >= 4 is 22.8 Å². The number of hydrogen-bond donors (Lipinski definition) is 0. The van der Waals surface area contributed by atoms with Gasteiger partial charge in [0.15, 0.2) is 11.2 Å². The first-order valence-corrected chi connectivity index (χ1v) is 9.03. The van der Waals surface area contributed by atoms with Gasteiger partial charge in [-0.2, -0.15) is 4.98 Å². The number of fused-ring (bicyclic) bond motifs is 3. The number of aryl methyl sites for hydroxylation is 1. The van der Waals surface area contributed by atoms with Gasteiger partial charge in [-0.1, -0.05) is 6.92 Å². The first kappa shape index (κ1) is 18.1. The van der Waals surface area contributed by atoms with Gasteiger partial charge >= 0.3 is 5.69 Å². The summed E-state index contributed by atoms with van der Waals surface area (Å²) in [4.78, 5) is 31.9. The van der Waals surface area contributed by atoms with E-state index >= 15 is 0 Å². The van der Waals surface area contributed by atoms with Gasteiger partial charge in [0.25, 0.3) is 5.56 Å². The van der Waals surface area contributed by atoms with Gasteiger partial charge in [0.2, 0.25) is 5.95 Å². The van der Waals surface area contributed by atoms with Crippen LogP contribution in [-0.4, -0.2) is 39.4 Å². The third-order valence-electron chi connectivity index (χ3n) is 5.24. The second-order valence-corrected chi connectivity index (χ2v) is 7.15. The average molecular weight is 385 g/mol. The molecule has 0 fully saturated rings. The monoisotopic (exact) mass is 385 g/mol. The molecule has 0 saturated carbocycles. The second kappa shape index (κ2) is 6.43. The number of benzene rings is 1. The van der Waals surface area contributed by atoms with Crippen LogP contribution in [0.5, 0.6) is 11.5 Å². The first-order valence-electron chi connectivity index (χ1n) is 9.03. The van der Waals surface area contributed by atoms with E-state index in [1.165, 1.54) is 11.6 Å². The maximum atomic E-state index is 12.8. The maximum absolute atomic E-state index is 12.8. The largest absolute Gasteiger partial charge is 0.497 e. The number of nitrogens with zero attached hydrogens (tertiary/aromatic N) is 5. The highest BCUT2D eigenvalue weighted by Gasteiger charge is 2.30. The molecule has 0 spiro atoms. The SMILES string of the molecule is COc1ccc(N2C[C@H](C)Cn3c2nc2c3c(=O)n(C)c(=O)n2C)c(OC)c1. The predicted molar refractivity (Wildman–Crippen MR) is 106 cm³/mol. The lowest BCUT2D eigenvalue weighted by Gasteiger charge is -2.33. The van der Waals surface area contributed by atoms with Crippen molar-refractivity contribution in [2.45, 2.75) is 13.5 Å². The highest BCUT2D eigenvalue weighted by atomic mass is 16.5. The van der Waals surface area contributed by atoms with Crippen molar-refractivity contribution in [3.8, 4) is 11.5 Å². The molecule has 3 heterocycles. The third-order valence-corrected chi connectivity index (χ3v) is 5.24. The van der Waals surface area contributed by atoms with Crippen molar-refractivity contribution < 1.29 is 9.47 Å². The van der Waals surface area contributed by atoms with E-state index < -0.39 is 5.69 Å². The number of aromatic nitrogens is 4. The summed E-state index contributed by atoms with van der Waals surface area (Å²) in [6.07, 6.45) is 0. The molecule has 0 saturated heterocycles. The summed E-state index contributed by atoms with van der Waals surface area (Å²) in [5.41, 5.74) is 0.911. The minimum Gasteiger partial charge on any atom is -0.497 e. The fourth-order valence-corrected chi connectivity index (χ4v) is 3.79. The summed E-state index contributed by atoms with van der Waals surface area (Å²) in [5, 5.41) is 0. The van der Waals surface area contributed by atoms with Crippen molar-refractivity contribution in [2.75, 3.05) is 25.7 Å². The van der Waals surface area contributed by atoms with Gasteiger partial charge in [0.05, 0.1) is 19.9 Å². The topological polar surface area (TPSA) is 83.5 Å². The third kappa shape index (κ3) is 2.49. The Balaban J connectivity index is 2.01. The molecule has 28 heavy (non-hydrogen) atoms.